The Labute approximate surface area is 108 Å². The molecule has 0 unspecified atom stereocenters. The van der Waals surface area contributed by atoms with Crippen LogP contribution in [-0.4, -0.2) is 9.78 Å². The molecule has 4 heteroatoms. The van der Waals surface area contributed by atoms with E-state index in [1.807, 2.05) is 30.3 Å². The van der Waals surface area contributed by atoms with Gasteiger partial charge in [-0.2, -0.15) is 5.10 Å². The topological polar surface area (TPSA) is 17.8 Å². The van der Waals surface area contributed by atoms with Gasteiger partial charge in [-0.05, 0) is 30.2 Å². The Morgan fingerprint density at radius 3 is 2.62 bits per heavy atom. The maximum atomic E-state index is 6.16. The van der Waals surface area contributed by atoms with Crippen LogP contribution in [0.25, 0.3) is 5.69 Å². The zero-order chi connectivity index (χ0) is 11.7. The second-order valence-electron chi connectivity index (χ2n) is 3.94. The van der Waals surface area contributed by atoms with Gasteiger partial charge in [0.2, 0.25) is 0 Å². The van der Waals surface area contributed by atoms with Gasteiger partial charge in [-0.25, -0.2) is 4.68 Å². The summed E-state index contributed by atoms with van der Waals surface area (Å²) in [6.45, 7) is 4.20. The average Bonchev–Trinajstić information content (AvgIpc) is 2.60. The maximum Gasteiger partial charge on any atom is 0.133 e. The highest BCUT2D eigenvalue weighted by Crippen LogP contribution is 2.23. The fourth-order valence-electron chi connectivity index (χ4n) is 1.45. The molecule has 0 fully saturated rings. The molecule has 0 spiro atoms. The summed E-state index contributed by atoms with van der Waals surface area (Å²) in [5.74, 6) is 0.380. The van der Waals surface area contributed by atoms with Gasteiger partial charge in [0.15, 0.2) is 0 Å². The molecule has 2 aromatic rings. The molecule has 0 amide bonds. The Hall–Kier alpha value is -0.800. The first-order valence-corrected chi connectivity index (χ1v) is 6.26. The van der Waals surface area contributed by atoms with Gasteiger partial charge in [-0.1, -0.05) is 47.4 Å². The molecule has 1 heterocycles. The summed E-state index contributed by atoms with van der Waals surface area (Å²) in [5, 5.41) is 5.13. The second-order valence-corrected chi connectivity index (χ2v) is 5.24. The third kappa shape index (κ3) is 2.30. The highest BCUT2D eigenvalue weighted by Gasteiger charge is 2.10. The van der Waals surface area contributed by atoms with Gasteiger partial charge in [-0.3, -0.25) is 0 Å². The number of benzene rings is 1. The Morgan fingerprint density at radius 2 is 2.06 bits per heavy atom. The van der Waals surface area contributed by atoms with E-state index in [1.54, 1.807) is 4.68 Å². The smallest absolute Gasteiger partial charge is 0.133 e. The molecule has 1 aromatic carbocycles. The van der Waals surface area contributed by atoms with Crippen molar-refractivity contribution in [1.29, 1.82) is 0 Å². The van der Waals surface area contributed by atoms with Crippen LogP contribution in [0.4, 0.5) is 0 Å². The molecule has 0 radical (unpaired) electrons. The molecule has 2 rings (SSSR count). The van der Waals surface area contributed by atoms with Crippen molar-refractivity contribution in [3.05, 3.63) is 45.7 Å². The molecule has 0 aliphatic heterocycles. The van der Waals surface area contributed by atoms with E-state index in [0.29, 0.717) is 11.1 Å². The van der Waals surface area contributed by atoms with E-state index in [1.165, 1.54) is 0 Å². The van der Waals surface area contributed by atoms with Gasteiger partial charge in [0, 0.05) is 4.47 Å². The highest BCUT2D eigenvalue weighted by molar-refractivity contribution is 9.10. The largest absolute Gasteiger partial charge is 0.222 e. The highest BCUT2D eigenvalue weighted by atomic mass is 79.9. The molecule has 84 valence electrons. The van der Waals surface area contributed by atoms with Crippen molar-refractivity contribution < 1.29 is 0 Å². The lowest BCUT2D eigenvalue weighted by Gasteiger charge is -2.03. The fraction of sp³-hybridized carbons (Fsp3) is 0.250. The molecule has 0 aliphatic carbocycles. The van der Waals surface area contributed by atoms with Crippen LogP contribution in [-0.2, 0) is 0 Å². The molecule has 0 saturated carbocycles. The van der Waals surface area contributed by atoms with Gasteiger partial charge in [-0.15, -0.1) is 0 Å². The molecule has 0 atom stereocenters. The molecule has 0 aliphatic rings. The number of hydrogen-bond donors (Lipinski definition) is 0. The third-order valence-corrected chi connectivity index (χ3v) is 3.09. The van der Waals surface area contributed by atoms with Crippen LogP contribution >= 0.6 is 27.5 Å². The van der Waals surface area contributed by atoms with E-state index in [4.69, 9.17) is 11.6 Å². The number of rotatable bonds is 2. The van der Waals surface area contributed by atoms with Crippen LogP contribution in [0.5, 0.6) is 0 Å². The number of halogens is 2. The number of hydrogen-bond acceptors (Lipinski definition) is 1. The summed E-state index contributed by atoms with van der Waals surface area (Å²) in [4.78, 5) is 0. The van der Waals surface area contributed by atoms with Crippen molar-refractivity contribution in [2.45, 2.75) is 19.8 Å². The maximum absolute atomic E-state index is 6.16. The zero-order valence-corrected chi connectivity index (χ0v) is 11.5. The standard InChI is InChI=1S/C12H12BrClN2/c1-8(2)11-7-12(14)16(15-11)10-5-3-4-9(13)6-10/h3-8H,1-2H3. The van der Waals surface area contributed by atoms with Crippen molar-refractivity contribution in [2.75, 3.05) is 0 Å². The van der Waals surface area contributed by atoms with Crippen LogP contribution in [0.1, 0.15) is 25.5 Å². The van der Waals surface area contributed by atoms with Crippen molar-refractivity contribution in [3.8, 4) is 5.69 Å². The number of nitrogens with zero attached hydrogens (tertiary/aromatic N) is 2. The van der Waals surface area contributed by atoms with E-state index in [2.05, 4.69) is 34.9 Å². The third-order valence-electron chi connectivity index (χ3n) is 2.33. The normalized spacial score (nSPS) is 11.1. The Bertz CT molecular complexity index is 505. The van der Waals surface area contributed by atoms with Crippen LogP contribution in [0.15, 0.2) is 34.8 Å². The predicted molar refractivity (Wildman–Crippen MR) is 70.4 cm³/mol. The van der Waals surface area contributed by atoms with E-state index in [9.17, 15) is 0 Å². The van der Waals surface area contributed by atoms with Gasteiger partial charge in [0.05, 0.1) is 11.4 Å². The SMILES string of the molecule is CC(C)c1cc(Cl)n(-c2cccc(Br)c2)n1. The van der Waals surface area contributed by atoms with E-state index >= 15 is 0 Å². The molecular formula is C12H12BrClN2. The molecule has 1 aromatic heterocycles. The Balaban J connectivity index is 2.48. The summed E-state index contributed by atoms with van der Waals surface area (Å²) in [5.41, 5.74) is 1.97. The average molecular weight is 300 g/mol. The molecular weight excluding hydrogens is 288 g/mol. The van der Waals surface area contributed by atoms with Gasteiger partial charge in [0.1, 0.15) is 5.15 Å². The molecule has 2 nitrogen and oxygen atoms in total. The first-order chi connectivity index (χ1) is 7.58. The Kier molecular flexibility index (Phi) is 3.36. The van der Waals surface area contributed by atoms with Gasteiger partial charge in [0.25, 0.3) is 0 Å². The molecule has 0 bridgehead atoms. The number of aromatic nitrogens is 2. The summed E-state index contributed by atoms with van der Waals surface area (Å²) in [6, 6.07) is 9.82. The minimum Gasteiger partial charge on any atom is -0.222 e. The Morgan fingerprint density at radius 1 is 1.31 bits per heavy atom. The lowest BCUT2D eigenvalue weighted by Crippen LogP contribution is -1.98. The summed E-state index contributed by atoms with van der Waals surface area (Å²) in [7, 11) is 0. The lowest BCUT2D eigenvalue weighted by molar-refractivity contribution is 0.768. The molecule has 0 saturated heterocycles. The first-order valence-electron chi connectivity index (χ1n) is 5.09. The summed E-state index contributed by atoms with van der Waals surface area (Å²) in [6.07, 6.45) is 0. The van der Waals surface area contributed by atoms with Gasteiger partial charge < -0.3 is 0 Å². The van der Waals surface area contributed by atoms with Crippen LogP contribution < -0.4 is 0 Å². The molecule has 0 N–H and O–H groups in total. The van der Waals surface area contributed by atoms with Crippen LogP contribution in [0.2, 0.25) is 5.15 Å². The van der Waals surface area contributed by atoms with E-state index < -0.39 is 0 Å². The van der Waals surface area contributed by atoms with E-state index in [-0.39, 0.29) is 0 Å². The summed E-state index contributed by atoms with van der Waals surface area (Å²) < 4.78 is 2.77. The van der Waals surface area contributed by atoms with Crippen molar-refractivity contribution in [2.24, 2.45) is 0 Å². The summed E-state index contributed by atoms with van der Waals surface area (Å²) >= 11 is 9.60. The van der Waals surface area contributed by atoms with Crippen LogP contribution in [0, 0.1) is 0 Å². The van der Waals surface area contributed by atoms with Crippen molar-refractivity contribution >= 4 is 27.5 Å². The fourth-order valence-corrected chi connectivity index (χ4v) is 2.08. The van der Waals surface area contributed by atoms with Crippen LogP contribution in [0.3, 0.4) is 0 Å². The minimum atomic E-state index is 0.380. The minimum absolute atomic E-state index is 0.380. The van der Waals surface area contributed by atoms with E-state index in [0.717, 1.165) is 15.9 Å². The lowest BCUT2D eigenvalue weighted by atomic mass is 10.1. The molecule has 16 heavy (non-hydrogen) atoms. The zero-order valence-electron chi connectivity index (χ0n) is 9.11. The van der Waals surface area contributed by atoms with Crippen molar-refractivity contribution in [3.63, 3.8) is 0 Å². The van der Waals surface area contributed by atoms with Crippen molar-refractivity contribution in [1.82, 2.24) is 9.78 Å². The van der Waals surface area contributed by atoms with Gasteiger partial charge >= 0.3 is 0 Å². The predicted octanol–water partition coefficient (Wildman–Crippen LogP) is 4.41. The first kappa shape index (κ1) is 11.7. The quantitative estimate of drug-likeness (QED) is 0.803. The second kappa shape index (κ2) is 4.60. The monoisotopic (exact) mass is 298 g/mol.